The summed E-state index contributed by atoms with van der Waals surface area (Å²) in [5, 5.41) is 0. The van der Waals surface area contributed by atoms with E-state index in [9.17, 15) is 9.59 Å². The Kier molecular flexibility index (Phi) is 7.60. The van der Waals surface area contributed by atoms with Crippen LogP contribution in [0.4, 0.5) is 0 Å². The summed E-state index contributed by atoms with van der Waals surface area (Å²) in [6, 6.07) is 16.1. The van der Waals surface area contributed by atoms with Gasteiger partial charge in [-0.3, -0.25) is 9.59 Å². The Morgan fingerprint density at radius 2 is 1.84 bits per heavy atom. The summed E-state index contributed by atoms with van der Waals surface area (Å²) in [7, 11) is 1.58. The highest BCUT2D eigenvalue weighted by Gasteiger charge is 2.28. The Hall–Kier alpha value is -3.98. The van der Waals surface area contributed by atoms with E-state index in [0.29, 0.717) is 48.3 Å². The van der Waals surface area contributed by atoms with Crippen LogP contribution in [0, 0.1) is 0 Å². The number of nitrogens with zero attached hydrogens (tertiary/aromatic N) is 2. The van der Waals surface area contributed by atoms with Gasteiger partial charge in [0, 0.05) is 25.3 Å². The molecule has 1 unspecified atom stereocenters. The normalized spacial score (nSPS) is 16.0. The quantitative estimate of drug-likeness (QED) is 0.412. The molecule has 1 atom stereocenters. The summed E-state index contributed by atoms with van der Waals surface area (Å²) < 4.78 is 27.4. The van der Waals surface area contributed by atoms with Crippen LogP contribution < -0.4 is 14.2 Å². The highest BCUT2D eigenvalue weighted by molar-refractivity contribution is 5.96. The van der Waals surface area contributed by atoms with Crippen molar-refractivity contribution in [1.82, 2.24) is 9.80 Å². The molecule has 1 saturated heterocycles. The molecule has 2 aliphatic heterocycles. The van der Waals surface area contributed by atoms with Crippen molar-refractivity contribution in [2.24, 2.45) is 0 Å². The van der Waals surface area contributed by atoms with Gasteiger partial charge in [-0.2, -0.15) is 0 Å². The van der Waals surface area contributed by atoms with Gasteiger partial charge in [0.2, 0.25) is 12.7 Å². The lowest BCUT2D eigenvalue weighted by molar-refractivity contribution is -0.133. The van der Waals surface area contributed by atoms with Gasteiger partial charge in [-0.05, 0) is 66.9 Å². The van der Waals surface area contributed by atoms with Crippen molar-refractivity contribution in [3.8, 4) is 17.2 Å². The van der Waals surface area contributed by atoms with Crippen molar-refractivity contribution in [1.29, 1.82) is 0 Å². The maximum absolute atomic E-state index is 13.7. The average Bonchev–Trinajstić information content (AvgIpc) is 3.71. The molecular formula is C28H30N2O7. The predicted octanol–water partition coefficient (Wildman–Crippen LogP) is 3.87. The van der Waals surface area contributed by atoms with Gasteiger partial charge in [0.1, 0.15) is 18.1 Å². The van der Waals surface area contributed by atoms with Crippen LogP contribution in [-0.2, 0) is 22.6 Å². The van der Waals surface area contributed by atoms with Crippen LogP contribution in [0.1, 0.15) is 34.5 Å². The number of hydrogen-bond acceptors (Lipinski definition) is 7. The molecule has 1 aromatic heterocycles. The summed E-state index contributed by atoms with van der Waals surface area (Å²) >= 11 is 0. The number of furan rings is 1. The third kappa shape index (κ3) is 6.06. The molecule has 2 aromatic carbocycles. The molecule has 1 fully saturated rings. The molecule has 194 valence electrons. The lowest BCUT2D eigenvalue weighted by Crippen LogP contribution is -2.45. The first-order valence-corrected chi connectivity index (χ1v) is 12.3. The minimum absolute atomic E-state index is 0.0873. The van der Waals surface area contributed by atoms with Gasteiger partial charge in [0.05, 0.1) is 26.0 Å². The van der Waals surface area contributed by atoms with Crippen LogP contribution in [0.3, 0.4) is 0 Å². The minimum Gasteiger partial charge on any atom is -0.497 e. The first-order valence-electron chi connectivity index (χ1n) is 12.3. The monoisotopic (exact) mass is 506 g/mol. The smallest absolute Gasteiger partial charge is 0.254 e. The molecule has 0 saturated carbocycles. The molecule has 2 amide bonds. The van der Waals surface area contributed by atoms with Crippen molar-refractivity contribution in [2.45, 2.75) is 32.0 Å². The van der Waals surface area contributed by atoms with Gasteiger partial charge in [-0.25, -0.2) is 0 Å². The lowest BCUT2D eigenvalue weighted by Gasteiger charge is -2.29. The second-order valence-electron chi connectivity index (χ2n) is 9.07. The van der Waals surface area contributed by atoms with Crippen molar-refractivity contribution < 1.29 is 33.0 Å². The third-order valence-electron chi connectivity index (χ3n) is 6.49. The van der Waals surface area contributed by atoms with Gasteiger partial charge < -0.3 is 33.2 Å². The molecule has 9 nitrogen and oxygen atoms in total. The average molecular weight is 507 g/mol. The molecule has 3 aromatic rings. The van der Waals surface area contributed by atoms with E-state index in [1.807, 2.05) is 24.3 Å². The summed E-state index contributed by atoms with van der Waals surface area (Å²) in [4.78, 5) is 30.5. The fourth-order valence-corrected chi connectivity index (χ4v) is 4.52. The molecule has 2 aliphatic rings. The fraction of sp³-hybridized carbons (Fsp3) is 0.357. The van der Waals surface area contributed by atoms with Gasteiger partial charge in [0.25, 0.3) is 5.91 Å². The lowest BCUT2D eigenvalue weighted by atomic mass is 10.1. The van der Waals surface area contributed by atoms with Crippen molar-refractivity contribution in [3.05, 3.63) is 77.7 Å². The van der Waals surface area contributed by atoms with Crippen LogP contribution in [0.5, 0.6) is 17.2 Å². The maximum atomic E-state index is 13.7. The van der Waals surface area contributed by atoms with Crippen LogP contribution in [0.25, 0.3) is 0 Å². The Morgan fingerprint density at radius 3 is 2.57 bits per heavy atom. The van der Waals surface area contributed by atoms with E-state index in [0.717, 1.165) is 18.4 Å². The highest BCUT2D eigenvalue weighted by atomic mass is 16.7. The zero-order valence-electron chi connectivity index (χ0n) is 20.8. The Morgan fingerprint density at radius 1 is 1.00 bits per heavy atom. The minimum atomic E-state index is -0.229. The van der Waals surface area contributed by atoms with Crippen LogP contribution in [0.2, 0.25) is 0 Å². The van der Waals surface area contributed by atoms with Crippen molar-refractivity contribution >= 4 is 11.8 Å². The Bertz CT molecular complexity index is 1200. The maximum Gasteiger partial charge on any atom is 0.254 e. The van der Waals surface area contributed by atoms with E-state index in [1.165, 1.54) is 0 Å². The molecule has 0 radical (unpaired) electrons. The van der Waals surface area contributed by atoms with Crippen LogP contribution in [-0.4, -0.2) is 61.3 Å². The molecule has 9 heteroatoms. The van der Waals surface area contributed by atoms with E-state index < -0.39 is 0 Å². The second kappa shape index (κ2) is 11.4. The summed E-state index contributed by atoms with van der Waals surface area (Å²) in [5.74, 6) is 2.22. The van der Waals surface area contributed by atoms with Crippen LogP contribution >= 0.6 is 0 Å². The summed E-state index contributed by atoms with van der Waals surface area (Å²) in [6.45, 7) is 1.69. The number of ether oxygens (including phenoxy) is 4. The summed E-state index contributed by atoms with van der Waals surface area (Å²) in [6.07, 6.45) is 3.28. The number of fused-ring (bicyclic) bond motifs is 1. The largest absolute Gasteiger partial charge is 0.497 e. The number of hydrogen-bond donors (Lipinski definition) is 0. The van der Waals surface area contributed by atoms with Gasteiger partial charge in [-0.1, -0.05) is 6.07 Å². The first kappa shape index (κ1) is 24.7. The molecule has 0 spiro atoms. The molecule has 0 aliphatic carbocycles. The summed E-state index contributed by atoms with van der Waals surface area (Å²) in [5.41, 5.74) is 1.37. The number of methoxy groups -OCH3 is 1. The van der Waals surface area contributed by atoms with E-state index >= 15 is 0 Å². The predicted molar refractivity (Wildman–Crippen MR) is 133 cm³/mol. The molecule has 3 heterocycles. The van der Waals surface area contributed by atoms with Gasteiger partial charge in [-0.15, -0.1) is 0 Å². The van der Waals surface area contributed by atoms with E-state index in [1.54, 1.807) is 53.5 Å². The highest BCUT2D eigenvalue weighted by Crippen LogP contribution is 2.33. The topological polar surface area (TPSA) is 90.7 Å². The van der Waals surface area contributed by atoms with E-state index in [4.69, 9.17) is 23.4 Å². The second-order valence-corrected chi connectivity index (χ2v) is 9.07. The molecular weight excluding hydrogens is 476 g/mol. The number of carbonyl (C=O) groups is 2. The van der Waals surface area contributed by atoms with E-state index in [-0.39, 0.29) is 37.8 Å². The first-order chi connectivity index (χ1) is 18.1. The van der Waals surface area contributed by atoms with Crippen LogP contribution in [0.15, 0.2) is 65.3 Å². The Balaban J connectivity index is 1.36. The number of carbonyl (C=O) groups excluding carboxylic acids is 2. The molecule has 37 heavy (non-hydrogen) atoms. The standard InChI is InChI=1S/C28H30N2O7/c1-33-22-9-7-21(8-10-22)28(32)30(17-24-5-3-13-35-24)18-27(31)29(16-23-4-2-12-34-23)15-20-6-11-25-26(14-20)37-19-36-25/h2,4,6-12,14,24H,3,5,13,15-19H2,1H3. The van der Waals surface area contributed by atoms with Crippen molar-refractivity contribution in [2.75, 3.05) is 33.6 Å². The van der Waals surface area contributed by atoms with Gasteiger partial charge in [0.15, 0.2) is 11.5 Å². The molecule has 5 rings (SSSR count). The number of amides is 2. The fourth-order valence-electron chi connectivity index (χ4n) is 4.52. The van der Waals surface area contributed by atoms with Gasteiger partial charge >= 0.3 is 0 Å². The third-order valence-corrected chi connectivity index (χ3v) is 6.49. The Labute approximate surface area is 215 Å². The zero-order valence-corrected chi connectivity index (χ0v) is 20.8. The molecule has 0 N–H and O–H groups in total. The number of rotatable bonds is 10. The SMILES string of the molecule is COc1ccc(C(=O)N(CC(=O)N(Cc2ccc3c(c2)OCO3)Cc2ccco2)CC2CCCO2)cc1. The van der Waals surface area contributed by atoms with Crippen molar-refractivity contribution in [3.63, 3.8) is 0 Å². The number of benzene rings is 2. The van der Waals surface area contributed by atoms with E-state index in [2.05, 4.69) is 0 Å². The molecule has 0 bridgehead atoms. The zero-order chi connectivity index (χ0) is 25.6.